The van der Waals surface area contributed by atoms with Crippen LogP contribution in [0.3, 0.4) is 0 Å². The van der Waals surface area contributed by atoms with E-state index in [0.717, 1.165) is 5.56 Å². The summed E-state index contributed by atoms with van der Waals surface area (Å²) < 4.78 is 30.9. The number of ether oxygens (including phenoxy) is 3. The van der Waals surface area contributed by atoms with E-state index < -0.39 is 18.1 Å². The van der Waals surface area contributed by atoms with Crippen molar-refractivity contribution < 1.29 is 23.4 Å². The molecular formula is C21H16FNO4. The Kier molecular flexibility index (Phi) is 4.80. The number of hydrogen-bond donors (Lipinski definition) is 0. The highest BCUT2D eigenvalue weighted by Crippen LogP contribution is 2.36. The minimum Gasteiger partial charge on any atom is -0.460 e. The van der Waals surface area contributed by atoms with Crippen LogP contribution in [-0.2, 0) is 22.7 Å². The van der Waals surface area contributed by atoms with Crippen molar-refractivity contribution in [2.75, 3.05) is 0 Å². The Balaban J connectivity index is 1.55. The first-order valence-corrected chi connectivity index (χ1v) is 8.42. The van der Waals surface area contributed by atoms with Crippen molar-refractivity contribution in [1.29, 1.82) is 0 Å². The van der Waals surface area contributed by atoms with Crippen molar-refractivity contribution in [2.24, 2.45) is 0 Å². The summed E-state index contributed by atoms with van der Waals surface area (Å²) in [5.41, 5.74) is 2.21. The lowest BCUT2D eigenvalue weighted by Gasteiger charge is -2.28. The second-order valence-electron chi connectivity index (χ2n) is 6.04. The van der Waals surface area contributed by atoms with Crippen LogP contribution >= 0.6 is 0 Å². The molecule has 1 aliphatic heterocycles. The fraction of sp³-hybridized carbons (Fsp3) is 0.143. The predicted molar refractivity (Wildman–Crippen MR) is 94.4 cm³/mol. The van der Waals surface area contributed by atoms with Gasteiger partial charge in [-0.1, -0.05) is 30.3 Å². The zero-order valence-corrected chi connectivity index (χ0v) is 14.3. The van der Waals surface area contributed by atoms with Crippen LogP contribution in [0.5, 0.6) is 5.75 Å². The SMILES string of the molecule is O=C(OCc1cc(F)cc2c1O[C@@H](c1ccccc1)OC2)c1cccnc1. The molecule has 0 N–H and O–H groups in total. The molecule has 0 spiro atoms. The monoisotopic (exact) mass is 365 g/mol. The van der Waals surface area contributed by atoms with Gasteiger partial charge < -0.3 is 14.2 Å². The predicted octanol–water partition coefficient (Wildman–Crippen LogP) is 4.19. The van der Waals surface area contributed by atoms with Crippen molar-refractivity contribution in [1.82, 2.24) is 4.98 Å². The smallest absolute Gasteiger partial charge is 0.340 e. The van der Waals surface area contributed by atoms with E-state index in [2.05, 4.69) is 4.98 Å². The molecule has 0 saturated carbocycles. The van der Waals surface area contributed by atoms with E-state index in [1.807, 2.05) is 30.3 Å². The standard InChI is InChI=1S/C21H16FNO4/c22-18-9-16(12-25-20(24)15-7-4-8-23-11-15)19-17(10-18)13-26-21(27-19)14-5-2-1-3-6-14/h1-11,21H,12-13H2/t21-/m0/s1. The van der Waals surface area contributed by atoms with Crippen LogP contribution in [0.15, 0.2) is 67.0 Å². The summed E-state index contributed by atoms with van der Waals surface area (Å²) in [5, 5.41) is 0. The molecule has 3 aromatic rings. The lowest BCUT2D eigenvalue weighted by atomic mass is 10.1. The summed E-state index contributed by atoms with van der Waals surface area (Å²) in [5.74, 6) is -0.491. The lowest BCUT2D eigenvalue weighted by molar-refractivity contribution is -0.112. The van der Waals surface area contributed by atoms with Crippen LogP contribution in [0.4, 0.5) is 4.39 Å². The number of pyridine rings is 1. The minimum atomic E-state index is -0.600. The van der Waals surface area contributed by atoms with Gasteiger partial charge >= 0.3 is 5.97 Å². The average Bonchev–Trinajstić information content (AvgIpc) is 2.72. The molecule has 136 valence electrons. The summed E-state index contributed by atoms with van der Waals surface area (Å²) >= 11 is 0. The van der Waals surface area contributed by atoms with Crippen molar-refractivity contribution in [2.45, 2.75) is 19.5 Å². The van der Waals surface area contributed by atoms with Gasteiger partial charge in [0.2, 0.25) is 6.29 Å². The van der Waals surface area contributed by atoms with E-state index in [1.165, 1.54) is 18.3 Å². The third-order valence-electron chi connectivity index (χ3n) is 4.15. The maximum atomic E-state index is 14.0. The fourth-order valence-corrected chi connectivity index (χ4v) is 2.87. The molecule has 0 unspecified atom stereocenters. The molecular weight excluding hydrogens is 349 g/mol. The Morgan fingerprint density at radius 3 is 2.81 bits per heavy atom. The largest absolute Gasteiger partial charge is 0.460 e. The number of esters is 1. The second-order valence-corrected chi connectivity index (χ2v) is 6.04. The van der Waals surface area contributed by atoms with Gasteiger partial charge in [0.25, 0.3) is 0 Å². The van der Waals surface area contributed by atoms with Gasteiger partial charge in [-0.2, -0.15) is 0 Å². The number of carbonyl (C=O) groups excluding carboxylic acids is 1. The van der Waals surface area contributed by atoms with E-state index in [0.29, 0.717) is 22.4 Å². The first kappa shape index (κ1) is 17.2. The van der Waals surface area contributed by atoms with E-state index in [9.17, 15) is 9.18 Å². The molecule has 0 bridgehead atoms. The van der Waals surface area contributed by atoms with Gasteiger partial charge in [-0.3, -0.25) is 4.98 Å². The molecule has 1 aromatic heterocycles. The molecule has 0 radical (unpaired) electrons. The van der Waals surface area contributed by atoms with Crippen LogP contribution < -0.4 is 4.74 Å². The van der Waals surface area contributed by atoms with Gasteiger partial charge in [-0.15, -0.1) is 0 Å². The number of rotatable bonds is 4. The number of hydrogen-bond acceptors (Lipinski definition) is 5. The van der Waals surface area contributed by atoms with Crippen LogP contribution in [0, 0.1) is 5.82 Å². The summed E-state index contributed by atoms with van der Waals surface area (Å²) in [7, 11) is 0. The van der Waals surface area contributed by atoms with Crippen molar-refractivity contribution in [3.05, 3.63) is 95.1 Å². The maximum Gasteiger partial charge on any atom is 0.340 e. The summed E-state index contributed by atoms with van der Waals surface area (Å²) in [6.07, 6.45) is 2.38. The lowest BCUT2D eigenvalue weighted by Crippen LogP contribution is -2.20. The number of carbonyl (C=O) groups is 1. The average molecular weight is 365 g/mol. The third-order valence-corrected chi connectivity index (χ3v) is 4.15. The van der Waals surface area contributed by atoms with E-state index in [-0.39, 0.29) is 13.2 Å². The zero-order chi connectivity index (χ0) is 18.6. The molecule has 0 amide bonds. The molecule has 0 aliphatic carbocycles. The van der Waals surface area contributed by atoms with Crippen LogP contribution in [0.25, 0.3) is 0 Å². The van der Waals surface area contributed by atoms with Gasteiger partial charge in [-0.25, -0.2) is 9.18 Å². The molecule has 2 heterocycles. The molecule has 6 heteroatoms. The van der Waals surface area contributed by atoms with Gasteiger partial charge in [0, 0.05) is 29.1 Å². The molecule has 1 aliphatic rings. The highest BCUT2D eigenvalue weighted by molar-refractivity contribution is 5.88. The molecule has 4 rings (SSSR count). The number of nitrogens with zero attached hydrogens (tertiary/aromatic N) is 1. The van der Waals surface area contributed by atoms with Crippen molar-refractivity contribution in [3.63, 3.8) is 0 Å². The second kappa shape index (κ2) is 7.55. The van der Waals surface area contributed by atoms with Crippen LogP contribution in [0.1, 0.15) is 33.3 Å². The molecule has 27 heavy (non-hydrogen) atoms. The van der Waals surface area contributed by atoms with E-state index in [1.54, 1.807) is 18.3 Å². The third kappa shape index (κ3) is 3.80. The normalized spacial score (nSPS) is 15.5. The Labute approximate surface area is 155 Å². The molecule has 2 aromatic carbocycles. The zero-order valence-electron chi connectivity index (χ0n) is 14.3. The quantitative estimate of drug-likeness (QED) is 0.649. The summed E-state index contributed by atoms with van der Waals surface area (Å²) in [4.78, 5) is 16.0. The van der Waals surface area contributed by atoms with Crippen molar-refractivity contribution in [3.8, 4) is 5.75 Å². The Hall–Kier alpha value is -3.25. The number of aromatic nitrogens is 1. The highest BCUT2D eigenvalue weighted by atomic mass is 19.1. The number of benzene rings is 2. The van der Waals surface area contributed by atoms with Gasteiger partial charge in [0.05, 0.1) is 12.2 Å². The molecule has 0 saturated heterocycles. The first-order chi connectivity index (χ1) is 13.2. The number of halogens is 1. The first-order valence-electron chi connectivity index (χ1n) is 8.42. The van der Waals surface area contributed by atoms with E-state index >= 15 is 0 Å². The topological polar surface area (TPSA) is 57.7 Å². The number of fused-ring (bicyclic) bond motifs is 1. The Morgan fingerprint density at radius 2 is 2.04 bits per heavy atom. The van der Waals surface area contributed by atoms with Gasteiger partial charge in [0.1, 0.15) is 18.2 Å². The Morgan fingerprint density at radius 1 is 1.19 bits per heavy atom. The highest BCUT2D eigenvalue weighted by Gasteiger charge is 2.25. The van der Waals surface area contributed by atoms with Gasteiger partial charge in [0.15, 0.2) is 0 Å². The summed E-state index contributed by atoms with van der Waals surface area (Å²) in [6.45, 7) is 0.0888. The van der Waals surface area contributed by atoms with Gasteiger partial charge in [-0.05, 0) is 24.3 Å². The molecule has 1 atom stereocenters. The van der Waals surface area contributed by atoms with Crippen molar-refractivity contribution >= 4 is 5.97 Å². The van der Waals surface area contributed by atoms with Crippen LogP contribution in [-0.4, -0.2) is 11.0 Å². The fourth-order valence-electron chi connectivity index (χ4n) is 2.87. The summed E-state index contributed by atoms with van der Waals surface area (Å²) in [6, 6.07) is 15.4. The molecule has 5 nitrogen and oxygen atoms in total. The maximum absolute atomic E-state index is 14.0. The Bertz CT molecular complexity index is 947. The molecule has 0 fully saturated rings. The van der Waals surface area contributed by atoms with Crippen LogP contribution in [0.2, 0.25) is 0 Å². The minimum absolute atomic E-state index is 0.116. The van der Waals surface area contributed by atoms with E-state index in [4.69, 9.17) is 14.2 Å².